The van der Waals surface area contributed by atoms with Gasteiger partial charge in [0, 0.05) is 26.2 Å². The Morgan fingerprint density at radius 1 is 1.18 bits per heavy atom. The van der Waals surface area contributed by atoms with Gasteiger partial charge in [0.2, 0.25) is 0 Å². The van der Waals surface area contributed by atoms with E-state index in [-0.39, 0.29) is 24.3 Å². The fourth-order valence-electron chi connectivity index (χ4n) is 2.24. The van der Waals surface area contributed by atoms with Crippen LogP contribution in [0, 0.1) is 17.1 Å². The topological polar surface area (TPSA) is 71.0 Å². The lowest BCUT2D eigenvalue weighted by atomic mass is 10.2. The van der Waals surface area contributed by atoms with E-state index in [0.717, 1.165) is 13.1 Å². The van der Waals surface area contributed by atoms with Gasteiger partial charge in [-0.1, -0.05) is 7.43 Å². The SMILES string of the molecule is C.CC(C)(C)ON1CCN(c2ccc(C#N)cc2F)CC1.O. The maximum atomic E-state index is 14.0. The van der Waals surface area contributed by atoms with Crippen LogP contribution in [0.1, 0.15) is 33.8 Å². The van der Waals surface area contributed by atoms with Gasteiger partial charge in [-0.15, -0.1) is 0 Å². The Morgan fingerprint density at radius 2 is 1.77 bits per heavy atom. The second-order valence-corrected chi connectivity index (χ2v) is 5.90. The second-order valence-electron chi connectivity index (χ2n) is 5.90. The Balaban J connectivity index is 0.00000220. The summed E-state index contributed by atoms with van der Waals surface area (Å²) in [6, 6.07) is 6.55. The molecule has 2 rings (SSSR count). The van der Waals surface area contributed by atoms with Crippen LogP contribution in [0.4, 0.5) is 10.1 Å². The Morgan fingerprint density at radius 3 is 2.23 bits per heavy atom. The molecule has 1 aromatic rings. The third-order valence-corrected chi connectivity index (χ3v) is 3.06. The zero-order valence-electron chi connectivity index (χ0n) is 12.7. The molecule has 124 valence electrons. The molecular weight excluding hydrogens is 285 g/mol. The van der Waals surface area contributed by atoms with Crippen LogP contribution < -0.4 is 4.90 Å². The number of halogens is 1. The van der Waals surface area contributed by atoms with E-state index in [1.54, 1.807) is 12.1 Å². The van der Waals surface area contributed by atoms with Crippen LogP contribution in [0.25, 0.3) is 0 Å². The fourth-order valence-corrected chi connectivity index (χ4v) is 2.24. The van der Waals surface area contributed by atoms with Crippen LogP contribution in [0.3, 0.4) is 0 Å². The molecule has 0 atom stereocenters. The number of benzene rings is 1. The smallest absolute Gasteiger partial charge is 0.147 e. The van der Waals surface area contributed by atoms with Crippen molar-refractivity contribution in [2.75, 3.05) is 31.1 Å². The summed E-state index contributed by atoms with van der Waals surface area (Å²) in [5.74, 6) is -0.339. The third-order valence-electron chi connectivity index (χ3n) is 3.06. The number of hydroxylamine groups is 2. The third kappa shape index (κ3) is 5.26. The van der Waals surface area contributed by atoms with Gasteiger partial charge in [-0.05, 0) is 39.0 Å². The van der Waals surface area contributed by atoms with Gasteiger partial charge >= 0.3 is 0 Å². The van der Waals surface area contributed by atoms with E-state index in [9.17, 15) is 4.39 Å². The lowest BCUT2D eigenvalue weighted by Crippen LogP contribution is -2.48. The summed E-state index contributed by atoms with van der Waals surface area (Å²) in [7, 11) is 0. The van der Waals surface area contributed by atoms with Crippen molar-refractivity contribution in [3.8, 4) is 6.07 Å². The summed E-state index contributed by atoms with van der Waals surface area (Å²) in [6.45, 7) is 8.92. The van der Waals surface area contributed by atoms with E-state index in [4.69, 9.17) is 10.1 Å². The van der Waals surface area contributed by atoms with E-state index >= 15 is 0 Å². The summed E-state index contributed by atoms with van der Waals surface area (Å²) < 4.78 is 14.0. The maximum Gasteiger partial charge on any atom is 0.147 e. The van der Waals surface area contributed by atoms with Crippen molar-refractivity contribution >= 4 is 5.69 Å². The van der Waals surface area contributed by atoms with E-state index < -0.39 is 0 Å². The first-order valence-corrected chi connectivity index (χ1v) is 6.78. The lowest BCUT2D eigenvalue weighted by molar-refractivity contribution is -0.230. The number of anilines is 1. The molecule has 0 amide bonds. The molecule has 6 heteroatoms. The van der Waals surface area contributed by atoms with Crippen LogP contribution >= 0.6 is 0 Å². The monoisotopic (exact) mass is 311 g/mol. The summed E-state index contributed by atoms with van der Waals surface area (Å²) in [5, 5.41) is 10.7. The summed E-state index contributed by atoms with van der Waals surface area (Å²) in [5.41, 5.74) is 0.697. The van der Waals surface area contributed by atoms with Crippen LogP contribution in [0.2, 0.25) is 0 Å². The predicted molar refractivity (Wildman–Crippen MR) is 86.1 cm³/mol. The molecular formula is C16H26FN3O2. The minimum atomic E-state index is -0.339. The number of nitriles is 1. The molecule has 22 heavy (non-hydrogen) atoms. The Labute approximate surface area is 132 Å². The molecule has 0 saturated carbocycles. The predicted octanol–water partition coefficient (Wildman–Crippen LogP) is 2.36. The first-order valence-electron chi connectivity index (χ1n) is 6.78. The van der Waals surface area contributed by atoms with Gasteiger partial charge in [-0.25, -0.2) is 4.39 Å². The number of rotatable bonds is 2. The summed E-state index contributed by atoms with van der Waals surface area (Å²) in [4.78, 5) is 7.78. The molecule has 0 radical (unpaired) electrons. The van der Waals surface area contributed by atoms with E-state index in [1.165, 1.54) is 6.07 Å². The average Bonchev–Trinajstić information content (AvgIpc) is 2.38. The van der Waals surface area contributed by atoms with Gasteiger partial charge < -0.3 is 10.4 Å². The Hall–Kier alpha value is -1.68. The van der Waals surface area contributed by atoms with Gasteiger partial charge in [-0.3, -0.25) is 4.84 Å². The normalized spacial score (nSPS) is 15.5. The molecule has 0 aromatic heterocycles. The molecule has 0 unspecified atom stereocenters. The molecule has 1 fully saturated rings. The van der Waals surface area contributed by atoms with Crippen LogP contribution in [-0.2, 0) is 4.84 Å². The first-order chi connectivity index (χ1) is 9.39. The maximum absolute atomic E-state index is 14.0. The largest absolute Gasteiger partial charge is 0.412 e. The lowest BCUT2D eigenvalue weighted by Gasteiger charge is -2.38. The highest BCUT2D eigenvalue weighted by Crippen LogP contribution is 2.22. The fraction of sp³-hybridized carbons (Fsp3) is 0.562. The highest BCUT2D eigenvalue weighted by molar-refractivity contribution is 5.51. The zero-order chi connectivity index (χ0) is 14.8. The molecule has 1 aliphatic heterocycles. The average molecular weight is 311 g/mol. The van der Waals surface area contributed by atoms with Gasteiger partial charge in [0.05, 0.1) is 22.9 Å². The molecule has 2 N–H and O–H groups in total. The number of hydrogen-bond donors (Lipinski definition) is 0. The van der Waals surface area contributed by atoms with Crippen LogP contribution in [0.5, 0.6) is 0 Å². The minimum Gasteiger partial charge on any atom is -0.412 e. The second kappa shape index (κ2) is 8.08. The highest BCUT2D eigenvalue weighted by Gasteiger charge is 2.23. The molecule has 5 nitrogen and oxygen atoms in total. The summed E-state index contributed by atoms with van der Waals surface area (Å²) in [6.07, 6.45) is 0. The zero-order valence-corrected chi connectivity index (χ0v) is 12.7. The minimum absolute atomic E-state index is 0. The molecule has 0 aliphatic carbocycles. The molecule has 0 spiro atoms. The van der Waals surface area contributed by atoms with Crippen LogP contribution in [0.15, 0.2) is 18.2 Å². The van der Waals surface area contributed by atoms with Crippen molar-refractivity contribution < 1.29 is 14.7 Å². The van der Waals surface area contributed by atoms with Crippen molar-refractivity contribution in [1.29, 1.82) is 5.26 Å². The molecule has 1 saturated heterocycles. The van der Waals surface area contributed by atoms with E-state index in [1.807, 2.05) is 36.8 Å². The van der Waals surface area contributed by atoms with Crippen molar-refractivity contribution in [3.63, 3.8) is 0 Å². The van der Waals surface area contributed by atoms with Crippen molar-refractivity contribution in [2.45, 2.75) is 33.8 Å². The molecule has 1 heterocycles. The van der Waals surface area contributed by atoms with Gasteiger partial charge in [0.25, 0.3) is 0 Å². The van der Waals surface area contributed by atoms with Crippen LogP contribution in [-0.4, -0.2) is 42.3 Å². The molecule has 1 aliphatic rings. The molecule has 0 bridgehead atoms. The Bertz CT molecular complexity index is 515. The van der Waals surface area contributed by atoms with Gasteiger partial charge in [0.1, 0.15) is 5.82 Å². The van der Waals surface area contributed by atoms with Crippen molar-refractivity contribution in [3.05, 3.63) is 29.6 Å². The highest BCUT2D eigenvalue weighted by atomic mass is 19.1. The number of hydrogen-bond acceptors (Lipinski definition) is 4. The van der Waals surface area contributed by atoms with Crippen molar-refractivity contribution in [2.24, 2.45) is 0 Å². The van der Waals surface area contributed by atoms with E-state index in [2.05, 4.69) is 0 Å². The quantitative estimate of drug-likeness (QED) is 0.840. The summed E-state index contributed by atoms with van der Waals surface area (Å²) >= 11 is 0. The van der Waals surface area contributed by atoms with Gasteiger partial charge in [0.15, 0.2) is 0 Å². The first kappa shape index (κ1) is 20.3. The van der Waals surface area contributed by atoms with Crippen molar-refractivity contribution in [1.82, 2.24) is 5.06 Å². The number of piperazine rings is 1. The standard InChI is InChI=1S/C15H20FN3O.CH4.H2O/c1-15(2,3)20-19-8-6-18(7-9-19)14-5-4-12(11-17)10-13(14)16;;/h4-5,10H,6-9H2,1-3H3;1H4;1H2. The Kier molecular flexibility index (Phi) is 7.47. The number of nitrogens with zero attached hydrogens (tertiary/aromatic N) is 3. The van der Waals surface area contributed by atoms with Gasteiger partial charge in [-0.2, -0.15) is 10.3 Å². The van der Waals surface area contributed by atoms with E-state index in [0.29, 0.717) is 24.3 Å². The molecule has 1 aromatic carbocycles.